The molecule has 116 valence electrons. The number of benzene rings is 1. The summed E-state index contributed by atoms with van der Waals surface area (Å²) < 4.78 is 26.1. The summed E-state index contributed by atoms with van der Waals surface area (Å²) in [5, 5.41) is 2.64. The summed E-state index contributed by atoms with van der Waals surface area (Å²) in [4.78, 5) is 22.4. The maximum absolute atomic E-state index is 13.2. The van der Waals surface area contributed by atoms with Gasteiger partial charge in [0.25, 0.3) is 5.91 Å². The molecule has 0 aliphatic carbocycles. The van der Waals surface area contributed by atoms with Gasteiger partial charge in [-0.2, -0.15) is 0 Å². The summed E-state index contributed by atoms with van der Waals surface area (Å²) in [7, 11) is 3.63. The average molecular weight is 306 g/mol. The van der Waals surface area contributed by atoms with Crippen molar-refractivity contribution in [2.75, 3.05) is 24.3 Å². The fraction of sp³-hybridized carbons (Fsp3) is 0.267. The highest BCUT2D eigenvalue weighted by atomic mass is 19.2. The summed E-state index contributed by atoms with van der Waals surface area (Å²) in [6.07, 6.45) is 0. The minimum atomic E-state index is -1.07. The number of aromatic nitrogens is 2. The SMILES string of the molecule is Cc1nc(N(C)C)nc(C)c1NC(=O)c1ccc(F)c(F)c1. The van der Waals surface area contributed by atoms with Crippen LogP contribution in [0.4, 0.5) is 20.4 Å². The van der Waals surface area contributed by atoms with Crippen molar-refractivity contribution in [1.82, 2.24) is 9.97 Å². The van der Waals surface area contributed by atoms with Gasteiger partial charge in [0.1, 0.15) is 0 Å². The van der Waals surface area contributed by atoms with Gasteiger partial charge in [-0.1, -0.05) is 0 Å². The Morgan fingerprint density at radius 1 is 1.09 bits per heavy atom. The highest BCUT2D eigenvalue weighted by Gasteiger charge is 2.15. The second-order valence-corrected chi connectivity index (χ2v) is 5.05. The number of carbonyl (C=O) groups is 1. The molecular weight excluding hydrogens is 290 g/mol. The van der Waals surface area contributed by atoms with E-state index in [0.717, 1.165) is 12.1 Å². The third-order valence-corrected chi connectivity index (χ3v) is 3.08. The van der Waals surface area contributed by atoms with Gasteiger partial charge in [0.2, 0.25) is 5.95 Å². The van der Waals surface area contributed by atoms with E-state index < -0.39 is 17.5 Å². The number of aryl methyl sites for hydroxylation is 2. The molecular formula is C15H16F2N4O. The van der Waals surface area contributed by atoms with E-state index >= 15 is 0 Å². The number of carbonyl (C=O) groups excluding carboxylic acids is 1. The lowest BCUT2D eigenvalue weighted by atomic mass is 10.2. The predicted octanol–water partition coefficient (Wildman–Crippen LogP) is 2.69. The Morgan fingerprint density at radius 2 is 1.68 bits per heavy atom. The van der Waals surface area contributed by atoms with Crippen molar-refractivity contribution in [3.63, 3.8) is 0 Å². The fourth-order valence-electron chi connectivity index (χ4n) is 1.90. The molecule has 0 fully saturated rings. The number of nitrogens with one attached hydrogen (secondary N) is 1. The number of hydrogen-bond donors (Lipinski definition) is 1. The molecule has 1 aromatic carbocycles. The Balaban J connectivity index is 2.30. The second kappa shape index (κ2) is 6.05. The Morgan fingerprint density at radius 3 is 2.18 bits per heavy atom. The highest BCUT2D eigenvalue weighted by Crippen LogP contribution is 2.20. The number of anilines is 2. The van der Waals surface area contributed by atoms with Crippen LogP contribution >= 0.6 is 0 Å². The first-order chi connectivity index (χ1) is 10.3. The molecule has 7 heteroatoms. The lowest BCUT2D eigenvalue weighted by Gasteiger charge is -2.15. The summed E-state index contributed by atoms with van der Waals surface area (Å²) in [5.41, 5.74) is 1.66. The molecule has 0 atom stereocenters. The number of rotatable bonds is 3. The molecule has 0 radical (unpaired) electrons. The van der Waals surface area contributed by atoms with Crippen LogP contribution in [0.3, 0.4) is 0 Å². The molecule has 0 saturated carbocycles. The lowest BCUT2D eigenvalue weighted by Crippen LogP contribution is -2.18. The van der Waals surface area contributed by atoms with Crippen LogP contribution in [-0.4, -0.2) is 30.0 Å². The van der Waals surface area contributed by atoms with Gasteiger partial charge in [-0.15, -0.1) is 0 Å². The third kappa shape index (κ3) is 3.19. The van der Waals surface area contributed by atoms with E-state index in [0.29, 0.717) is 23.0 Å². The molecule has 0 spiro atoms. The van der Waals surface area contributed by atoms with Gasteiger partial charge in [-0.25, -0.2) is 18.7 Å². The van der Waals surface area contributed by atoms with Gasteiger partial charge in [-0.3, -0.25) is 4.79 Å². The smallest absolute Gasteiger partial charge is 0.255 e. The van der Waals surface area contributed by atoms with Crippen LogP contribution in [0.2, 0.25) is 0 Å². The van der Waals surface area contributed by atoms with Gasteiger partial charge < -0.3 is 10.2 Å². The minimum Gasteiger partial charge on any atom is -0.347 e. The minimum absolute atomic E-state index is 0.0226. The zero-order valence-corrected chi connectivity index (χ0v) is 12.7. The lowest BCUT2D eigenvalue weighted by molar-refractivity contribution is 0.102. The topological polar surface area (TPSA) is 58.1 Å². The van der Waals surface area contributed by atoms with Crippen molar-refractivity contribution in [3.05, 3.63) is 46.8 Å². The van der Waals surface area contributed by atoms with Crippen molar-refractivity contribution >= 4 is 17.5 Å². The first kappa shape index (κ1) is 15.8. The van der Waals surface area contributed by atoms with Gasteiger partial charge in [0.15, 0.2) is 11.6 Å². The molecule has 0 unspecified atom stereocenters. The molecule has 0 aliphatic heterocycles. The fourth-order valence-corrected chi connectivity index (χ4v) is 1.90. The summed E-state index contributed by atoms with van der Waals surface area (Å²) in [6, 6.07) is 2.98. The molecule has 2 aromatic rings. The van der Waals surface area contributed by atoms with Crippen LogP contribution in [0.5, 0.6) is 0 Å². The molecule has 1 amide bonds. The van der Waals surface area contributed by atoms with E-state index in [1.54, 1.807) is 18.7 Å². The normalized spacial score (nSPS) is 10.5. The Hall–Kier alpha value is -2.57. The van der Waals surface area contributed by atoms with Gasteiger partial charge in [-0.05, 0) is 32.0 Å². The molecule has 1 aromatic heterocycles. The van der Waals surface area contributed by atoms with Crippen LogP contribution in [0.1, 0.15) is 21.7 Å². The van der Waals surface area contributed by atoms with E-state index in [9.17, 15) is 13.6 Å². The van der Waals surface area contributed by atoms with Crippen molar-refractivity contribution in [2.24, 2.45) is 0 Å². The zero-order valence-electron chi connectivity index (χ0n) is 12.7. The number of hydrogen-bond acceptors (Lipinski definition) is 4. The van der Waals surface area contributed by atoms with Gasteiger partial charge >= 0.3 is 0 Å². The largest absolute Gasteiger partial charge is 0.347 e. The first-order valence-electron chi connectivity index (χ1n) is 6.58. The van der Waals surface area contributed by atoms with E-state index in [4.69, 9.17) is 0 Å². The standard InChI is InChI=1S/C15H16F2N4O/c1-8-13(9(2)19-15(18-8)21(3)4)20-14(22)10-5-6-11(16)12(17)7-10/h5-7H,1-4H3,(H,20,22). The van der Waals surface area contributed by atoms with E-state index in [-0.39, 0.29) is 5.56 Å². The molecule has 0 bridgehead atoms. The average Bonchev–Trinajstić information content (AvgIpc) is 2.45. The molecule has 1 N–H and O–H groups in total. The summed E-state index contributed by atoms with van der Waals surface area (Å²) in [5.74, 6) is -2.09. The third-order valence-electron chi connectivity index (χ3n) is 3.08. The van der Waals surface area contributed by atoms with Gasteiger partial charge in [0, 0.05) is 19.7 Å². The van der Waals surface area contributed by atoms with Crippen molar-refractivity contribution in [2.45, 2.75) is 13.8 Å². The second-order valence-electron chi connectivity index (χ2n) is 5.05. The molecule has 22 heavy (non-hydrogen) atoms. The van der Waals surface area contributed by atoms with Crippen LogP contribution in [0, 0.1) is 25.5 Å². The molecule has 0 aliphatic rings. The number of nitrogens with zero attached hydrogens (tertiary/aromatic N) is 3. The number of amides is 1. The maximum Gasteiger partial charge on any atom is 0.255 e. The predicted molar refractivity (Wildman–Crippen MR) is 80.1 cm³/mol. The highest BCUT2D eigenvalue weighted by molar-refractivity contribution is 6.04. The van der Waals surface area contributed by atoms with E-state index in [1.807, 2.05) is 14.1 Å². The molecule has 1 heterocycles. The monoisotopic (exact) mass is 306 g/mol. The Kier molecular flexibility index (Phi) is 4.35. The molecule has 5 nitrogen and oxygen atoms in total. The van der Waals surface area contributed by atoms with Crippen LogP contribution < -0.4 is 10.2 Å². The quantitative estimate of drug-likeness (QED) is 0.947. The van der Waals surface area contributed by atoms with Gasteiger partial charge in [0.05, 0.1) is 17.1 Å². The summed E-state index contributed by atoms with van der Waals surface area (Å²) in [6.45, 7) is 3.48. The Bertz CT molecular complexity index is 708. The van der Waals surface area contributed by atoms with Crippen LogP contribution in [0.15, 0.2) is 18.2 Å². The number of halogens is 2. The van der Waals surface area contributed by atoms with Crippen molar-refractivity contribution in [3.8, 4) is 0 Å². The molecule has 2 rings (SSSR count). The molecule has 0 saturated heterocycles. The Labute approximate surface area is 127 Å². The van der Waals surface area contributed by atoms with Crippen molar-refractivity contribution < 1.29 is 13.6 Å². The summed E-state index contributed by atoms with van der Waals surface area (Å²) >= 11 is 0. The maximum atomic E-state index is 13.2. The van der Waals surface area contributed by atoms with Crippen LogP contribution in [0.25, 0.3) is 0 Å². The van der Waals surface area contributed by atoms with E-state index in [1.165, 1.54) is 6.07 Å². The van der Waals surface area contributed by atoms with Crippen LogP contribution in [-0.2, 0) is 0 Å². The first-order valence-corrected chi connectivity index (χ1v) is 6.58. The van der Waals surface area contributed by atoms with E-state index in [2.05, 4.69) is 15.3 Å². The zero-order chi connectivity index (χ0) is 16.4. The van der Waals surface area contributed by atoms with Crippen molar-refractivity contribution in [1.29, 1.82) is 0 Å².